The van der Waals surface area contributed by atoms with Gasteiger partial charge in [-0.1, -0.05) is 0 Å². The van der Waals surface area contributed by atoms with Crippen LogP contribution in [0.1, 0.15) is 24.6 Å². The molecule has 1 aromatic heterocycles. The van der Waals surface area contributed by atoms with Gasteiger partial charge in [0.2, 0.25) is 0 Å². The molecular formula is C10H16N2O2. The molecule has 2 heterocycles. The van der Waals surface area contributed by atoms with Crippen molar-refractivity contribution in [3.8, 4) is 0 Å². The molecule has 4 heteroatoms. The van der Waals surface area contributed by atoms with Gasteiger partial charge in [-0.3, -0.25) is 0 Å². The molecule has 78 valence electrons. The summed E-state index contributed by atoms with van der Waals surface area (Å²) in [5.41, 5.74) is 0.753. The van der Waals surface area contributed by atoms with E-state index in [0.717, 1.165) is 25.1 Å². The van der Waals surface area contributed by atoms with Crippen molar-refractivity contribution in [1.29, 1.82) is 0 Å². The summed E-state index contributed by atoms with van der Waals surface area (Å²) in [6.07, 6.45) is 5.16. The van der Waals surface area contributed by atoms with E-state index in [0.29, 0.717) is 6.61 Å². The maximum absolute atomic E-state index is 10.0. The Hall–Kier alpha value is -0.870. The molecule has 0 amide bonds. The minimum atomic E-state index is -0.475. The Bertz CT molecular complexity index is 292. The Morgan fingerprint density at radius 3 is 3.14 bits per heavy atom. The van der Waals surface area contributed by atoms with Crippen LogP contribution < -0.4 is 0 Å². The van der Waals surface area contributed by atoms with Crippen LogP contribution in [0, 0.1) is 5.92 Å². The largest absolute Gasteiger partial charge is 0.386 e. The third kappa shape index (κ3) is 1.96. The molecule has 0 saturated carbocycles. The van der Waals surface area contributed by atoms with Gasteiger partial charge in [0.1, 0.15) is 6.10 Å². The van der Waals surface area contributed by atoms with Crippen molar-refractivity contribution in [2.24, 2.45) is 13.0 Å². The minimum Gasteiger partial charge on any atom is -0.386 e. The van der Waals surface area contributed by atoms with Gasteiger partial charge >= 0.3 is 0 Å². The number of hydrogen-bond donors (Lipinski definition) is 1. The van der Waals surface area contributed by atoms with E-state index in [4.69, 9.17) is 4.74 Å². The first-order valence-corrected chi connectivity index (χ1v) is 5.01. The quantitative estimate of drug-likeness (QED) is 0.763. The van der Waals surface area contributed by atoms with Crippen molar-refractivity contribution in [2.45, 2.75) is 18.9 Å². The van der Waals surface area contributed by atoms with Crippen molar-refractivity contribution in [3.63, 3.8) is 0 Å². The third-order valence-electron chi connectivity index (χ3n) is 2.67. The topological polar surface area (TPSA) is 47.3 Å². The number of nitrogens with zero attached hydrogens (tertiary/aromatic N) is 2. The van der Waals surface area contributed by atoms with E-state index in [1.54, 1.807) is 6.33 Å². The maximum atomic E-state index is 10.0. The van der Waals surface area contributed by atoms with Crippen LogP contribution >= 0.6 is 0 Å². The van der Waals surface area contributed by atoms with Gasteiger partial charge in [0, 0.05) is 25.8 Å². The van der Waals surface area contributed by atoms with E-state index < -0.39 is 6.10 Å². The summed E-state index contributed by atoms with van der Waals surface area (Å²) in [5, 5.41) is 10.0. The molecule has 1 saturated heterocycles. The van der Waals surface area contributed by atoms with Crippen LogP contribution in [-0.2, 0) is 11.8 Å². The lowest BCUT2D eigenvalue weighted by atomic mass is 9.94. The summed E-state index contributed by atoms with van der Waals surface area (Å²) in [4.78, 5) is 4.15. The molecule has 0 radical (unpaired) electrons. The second-order valence-corrected chi connectivity index (χ2v) is 3.89. The molecule has 0 bridgehead atoms. The lowest BCUT2D eigenvalue weighted by Gasteiger charge is -2.25. The molecule has 0 aliphatic carbocycles. The fraction of sp³-hybridized carbons (Fsp3) is 0.700. The molecule has 1 aliphatic heterocycles. The second kappa shape index (κ2) is 4.11. The van der Waals surface area contributed by atoms with E-state index in [2.05, 4.69) is 4.98 Å². The Kier molecular flexibility index (Phi) is 2.84. The number of imidazole rings is 1. The highest BCUT2D eigenvalue weighted by atomic mass is 16.5. The zero-order valence-corrected chi connectivity index (χ0v) is 8.39. The Morgan fingerprint density at radius 2 is 2.57 bits per heavy atom. The van der Waals surface area contributed by atoms with Gasteiger partial charge in [-0.15, -0.1) is 0 Å². The first-order chi connectivity index (χ1) is 6.77. The van der Waals surface area contributed by atoms with Crippen LogP contribution in [-0.4, -0.2) is 27.9 Å². The number of rotatable bonds is 2. The van der Waals surface area contributed by atoms with Crippen LogP contribution in [0.2, 0.25) is 0 Å². The molecule has 1 fully saturated rings. The number of aliphatic hydroxyl groups is 1. The molecule has 0 spiro atoms. The van der Waals surface area contributed by atoms with Gasteiger partial charge in [0.05, 0.1) is 18.6 Å². The number of aryl methyl sites for hydroxylation is 1. The number of hydrogen-bond acceptors (Lipinski definition) is 3. The Morgan fingerprint density at radius 1 is 1.71 bits per heavy atom. The fourth-order valence-electron chi connectivity index (χ4n) is 1.84. The standard InChI is InChI=1S/C10H16N2O2/c1-12-5-9(11-7-12)10(13)8-3-2-4-14-6-8/h5,7-8,10,13H,2-4,6H2,1H3. The van der Waals surface area contributed by atoms with Gasteiger partial charge in [-0.05, 0) is 12.8 Å². The highest BCUT2D eigenvalue weighted by Gasteiger charge is 2.24. The first kappa shape index (κ1) is 9.68. The van der Waals surface area contributed by atoms with E-state index in [1.165, 1.54) is 0 Å². The predicted molar refractivity (Wildman–Crippen MR) is 51.7 cm³/mol. The zero-order valence-electron chi connectivity index (χ0n) is 8.39. The molecule has 14 heavy (non-hydrogen) atoms. The van der Waals surface area contributed by atoms with E-state index in [1.807, 2.05) is 17.8 Å². The van der Waals surface area contributed by atoms with Crippen LogP contribution in [0.5, 0.6) is 0 Å². The molecule has 1 N–H and O–H groups in total. The summed E-state index contributed by atoms with van der Waals surface area (Å²) in [6.45, 7) is 1.48. The minimum absolute atomic E-state index is 0.207. The summed E-state index contributed by atoms with van der Waals surface area (Å²) in [7, 11) is 1.90. The molecule has 0 aromatic carbocycles. The third-order valence-corrected chi connectivity index (χ3v) is 2.67. The van der Waals surface area contributed by atoms with Crippen LogP contribution in [0.3, 0.4) is 0 Å². The van der Waals surface area contributed by atoms with Crippen molar-refractivity contribution < 1.29 is 9.84 Å². The maximum Gasteiger partial charge on any atom is 0.102 e. The van der Waals surface area contributed by atoms with Gasteiger partial charge in [-0.2, -0.15) is 0 Å². The van der Waals surface area contributed by atoms with Crippen molar-refractivity contribution >= 4 is 0 Å². The van der Waals surface area contributed by atoms with Crippen LogP contribution in [0.4, 0.5) is 0 Å². The smallest absolute Gasteiger partial charge is 0.102 e. The zero-order chi connectivity index (χ0) is 9.97. The average Bonchev–Trinajstić information content (AvgIpc) is 2.65. The van der Waals surface area contributed by atoms with Crippen LogP contribution in [0.25, 0.3) is 0 Å². The number of aliphatic hydroxyl groups excluding tert-OH is 1. The lowest BCUT2D eigenvalue weighted by Crippen LogP contribution is -2.23. The SMILES string of the molecule is Cn1cnc(C(O)C2CCCOC2)c1. The highest BCUT2D eigenvalue weighted by Crippen LogP contribution is 2.27. The molecule has 4 nitrogen and oxygen atoms in total. The number of ether oxygens (including phenoxy) is 1. The highest BCUT2D eigenvalue weighted by molar-refractivity contribution is 5.02. The molecule has 2 unspecified atom stereocenters. The van der Waals surface area contributed by atoms with Crippen molar-refractivity contribution in [1.82, 2.24) is 9.55 Å². The average molecular weight is 196 g/mol. The first-order valence-electron chi connectivity index (χ1n) is 5.01. The van der Waals surface area contributed by atoms with Gasteiger partial charge < -0.3 is 14.4 Å². The lowest BCUT2D eigenvalue weighted by molar-refractivity contribution is -0.0114. The summed E-state index contributed by atoms with van der Waals surface area (Å²) >= 11 is 0. The van der Waals surface area contributed by atoms with Gasteiger partial charge in [0.15, 0.2) is 0 Å². The normalized spacial score (nSPS) is 24.9. The van der Waals surface area contributed by atoms with Gasteiger partial charge in [-0.25, -0.2) is 4.98 Å². The van der Waals surface area contributed by atoms with Crippen molar-refractivity contribution in [2.75, 3.05) is 13.2 Å². The van der Waals surface area contributed by atoms with Gasteiger partial charge in [0.25, 0.3) is 0 Å². The molecular weight excluding hydrogens is 180 g/mol. The Labute approximate surface area is 83.5 Å². The monoisotopic (exact) mass is 196 g/mol. The molecule has 1 aromatic rings. The summed E-state index contributed by atoms with van der Waals surface area (Å²) in [6, 6.07) is 0. The van der Waals surface area contributed by atoms with Crippen molar-refractivity contribution in [3.05, 3.63) is 18.2 Å². The second-order valence-electron chi connectivity index (χ2n) is 3.89. The van der Waals surface area contributed by atoms with E-state index in [-0.39, 0.29) is 5.92 Å². The molecule has 2 rings (SSSR count). The van der Waals surface area contributed by atoms with E-state index in [9.17, 15) is 5.11 Å². The van der Waals surface area contributed by atoms with E-state index >= 15 is 0 Å². The fourth-order valence-corrected chi connectivity index (χ4v) is 1.84. The number of aromatic nitrogens is 2. The molecule has 2 atom stereocenters. The Balaban J connectivity index is 2.03. The molecule has 1 aliphatic rings. The van der Waals surface area contributed by atoms with Crippen LogP contribution in [0.15, 0.2) is 12.5 Å². The predicted octanol–water partition coefficient (Wildman–Crippen LogP) is 0.880. The summed E-state index contributed by atoms with van der Waals surface area (Å²) < 4.78 is 7.19. The summed E-state index contributed by atoms with van der Waals surface area (Å²) in [5.74, 6) is 0.207.